The van der Waals surface area contributed by atoms with Crippen molar-refractivity contribution in [3.05, 3.63) is 129 Å². The molecule has 9 rings (SSSR count). The van der Waals surface area contributed by atoms with Crippen LogP contribution in [0.15, 0.2) is 97.6 Å². The SMILES string of the molecule is C.CC(=O)Nc1cnn(C(=O)N2C[C@H]3CC(N(C)Cc4ccccc4Cl)C[C@H]3C2)c1.CC(=O)Nc1cnn(C(=O)Oc2ccc([N+](=O)[O-])cc2)c1.CN(Cc1ccccc1Cl)C1C[C@H]2CNC[C@H]2C1. The van der Waals surface area contributed by atoms with Gasteiger partial charge in [0.15, 0.2) is 0 Å². The number of fused-ring (bicyclic) bond motifs is 2. The van der Waals surface area contributed by atoms with Crippen LogP contribution >= 0.6 is 23.2 Å². The number of nitrogens with one attached hydrogen (secondary N) is 3. The minimum atomic E-state index is -0.805. The molecule has 4 fully saturated rings. The zero-order chi connectivity index (χ0) is 48.5. The molecule has 18 nitrogen and oxygen atoms in total. The van der Waals surface area contributed by atoms with Crippen LogP contribution in [-0.2, 0) is 22.7 Å². The summed E-state index contributed by atoms with van der Waals surface area (Å²) in [5.74, 6) is 2.51. The summed E-state index contributed by atoms with van der Waals surface area (Å²) in [7, 11) is 4.40. The Kier molecular flexibility index (Phi) is 18.1. The molecule has 4 heterocycles. The molecule has 2 aliphatic carbocycles. The molecule has 5 aromatic rings. The van der Waals surface area contributed by atoms with E-state index in [0.717, 1.165) is 77.2 Å². The molecule has 2 unspecified atom stereocenters. The minimum Gasteiger partial charge on any atom is -0.409 e. The molecule has 0 radical (unpaired) electrons. The minimum absolute atomic E-state index is 0. The fourth-order valence-corrected chi connectivity index (χ4v) is 10.0. The Bertz CT molecular complexity index is 2550. The van der Waals surface area contributed by atoms with E-state index >= 15 is 0 Å². The van der Waals surface area contributed by atoms with Crippen molar-refractivity contribution in [3.8, 4) is 5.75 Å². The lowest BCUT2D eigenvalue weighted by molar-refractivity contribution is -0.384. The van der Waals surface area contributed by atoms with Crippen LogP contribution in [0.4, 0.5) is 26.7 Å². The average Bonchev–Trinajstić information content (AvgIpc) is 4.16. The Balaban J connectivity index is 0.000000174. The van der Waals surface area contributed by atoms with Crippen molar-refractivity contribution in [1.29, 1.82) is 0 Å². The van der Waals surface area contributed by atoms with Gasteiger partial charge in [0, 0.05) is 74.3 Å². The predicted octanol–water partition coefficient (Wildman–Crippen LogP) is 8.51. The van der Waals surface area contributed by atoms with Gasteiger partial charge in [-0.2, -0.15) is 19.6 Å². The molecular weight excluding hydrogens is 926 g/mol. The van der Waals surface area contributed by atoms with Gasteiger partial charge in [-0.25, -0.2) is 9.59 Å². The van der Waals surface area contributed by atoms with E-state index in [1.165, 1.54) is 92.9 Å². The fourth-order valence-electron chi connectivity index (χ4n) is 9.64. The summed E-state index contributed by atoms with van der Waals surface area (Å²) in [4.78, 5) is 63.2. The summed E-state index contributed by atoms with van der Waals surface area (Å²) < 4.78 is 7.19. The Labute approximate surface area is 412 Å². The highest BCUT2D eigenvalue weighted by molar-refractivity contribution is 6.31. The fraction of sp³-hybridized carbons (Fsp3) is 0.429. The smallest absolute Gasteiger partial charge is 0.409 e. The Morgan fingerprint density at radius 1 is 0.725 bits per heavy atom. The standard InChI is InChI=1S/C21H26ClN5O2.C15H21ClN2.C12H10N4O5.CH4/c1-14(28)24-18-9-23-27(13-18)21(29)26-11-16-7-19(8-17(16)12-26)25(2)10-15-5-3-4-6-20(15)22;1-18(10-11-4-2-3-5-15(11)16)14-6-12-8-17-9-13(12)7-14;1-8(17)14-9-6-13-15(7-9)12(18)21-11-4-2-10(3-5-11)16(19)20;/h3-6,9,13,16-17,19H,7-8,10-12H2,1-2H3,(H,24,28);2-5,12-14,17H,6-10H2,1H3;2-7H,1H3,(H,14,17);1H4/t16-,17+,19?;12-,13+,14?;;. The molecule has 2 saturated heterocycles. The number of benzene rings is 3. The van der Waals surface area contributed by atoms with Gasteiger partial charge in [0.25, 0.3) is 5.69 Å². The van der Waals surface area contributed by atoms with Crippen molar-refractivity contribution in [3.63, 3.8) is 0 Å². The third kappa shape index (κ3) is 14.0. The third-order valence-electron chi connectivity index (χ3n) is 13.1. The number of likely N-dealkylation sites (tertiary alicyclic amines) is 1. The van der Waals surface area contributed by atoms with Crippen LogP contribution in [-0.4, -0.2) is 115 Å². The highest BCUT2D eigenvalue weighted by atomic mass is 35.5. The second-order valence-corrected chi connectivity index (χ2v) is 18.8. The lowest BCUT2D eigenvalue weighted by Crippen LogP contribution is -2.36. The number of non-ortho nitro benzene ring substituents is 1. The van der Waals surface area contributed by atoms with Gasteiger partial charge >= 0.3 is 12.1 Å². The maximum atomic E-state index is 12.8. The van der Waals surface area contributed by atoms with Gasteiger partial charge in [-0.3, -0.25) is 29.5 Å². The van der Waals surface area contributed by atoms with E-state index in [1.54, 1.807) is 6.20 Å². The number of nitro groups is 1. The van der Waals surface area contributed by atoms with Gasteiger partial charge < -0.3 is 25.6 Å². The lowest BCUT2D eigenvalue weighted by atomic mass is 10.0. The number of carbonyl (C=O) groups excluding carboxylic acids is 4. The van der Waals surface area contributed by atoms with E-state index in [9.17, 15) is 29.3 Å². The highest BCUT2D eigenvalue weighted by Crippen LogP contribution is 2.41. The van der Waals surface area contributed by atoms with Gasteiger partial charge in [0.05, 0.1) is 41.1 Å². The van der Waals surface area contributed by atoms with Crippen LogP contribution in [0.1, 0.15) is 58.1 Å². The van der Waals surface area contributed by atoms with E-state index in [2.05, 4.69) is 68.2 Å². The topological polar surface area (TPSA) is 202 Å². The predicted molar refractivity (Wildman–Crippen MR) is 265 cm³/mol. The van der Waals surface area contributed by atoms with Crippen LogP contribution in [0.5, 0.6) is 5.75 Å². The zero-order valence-electron chi connectivity index (χ0n) is 38.5. The van der Waals surface area contributed by atoms with Crippen LogP contribution in [0.3, 0.4) is 0 Å². The van der Waals surface area contributed by atoms with Gasteiger partial charge in [0.1, 0.15) is 5.75 Å². The normalized spacial score (nSPS) is 21.0. The molecule has 0 bridgehead atoms. The molecule has 4 aliphatic rings. The lowest BCUT2D eigenvalue weighted by Gasteiger charge is -2.26. The molecule has 3 amide bonds. The summed E-state index contributed by atoms with van der Waals surface area (Å²) in [5.41, 5.74) is 3.17. The molecule has 2 aliphatic heterocycles. The molecule has 2 aromatic heterocycles. The zero-order valence-corrected chi connectivity index (χ0v) is 40.0. The first-order valence-electron chi connectivity index (χ1n) is 22.6. The largest absolute Gasteiger partial charge is 0.440 e. The summed E-state index contributed by atoms with van der Waals surface area (Å²) >= 11 is 12.5. The van der Waals surface area contributed by atoms with Crippen molar-refractivity contribution in [2.75, 3.05) is 50.9 Å². The first-order chi connectivity index (χ1) is 32.6. The van der Waals surface area contributed by atoms with Gasteiger partial charge in [-0.1, -0.05) is 67.0 Å². The average molecular weight is 987 g/mol. The Morgan fingerprint density at radius 2 is 1.17 bits per heavy atom. The number of carbonyl (C=O) groups is 4. The van der Waals surface area contributed by atoms with Crippen molar-refractivity contribution in [1.82, 2.24) is 39.6 Å². The summed E-state index contributed by atoms with van der Waals surface area (Å²) in [6.07, 6.45) is 9.70. The molecule has 368 valence electrons. The number of nitrogens with zero attached hydrogens (tertiary/aromatic N) is 8. The number of nitro benzene ring substituents is 1. The van der Waals surface area contributed by atoms with Crippen molar-refractivity contribution in [2.45, 2.75) is 72.1 Å². The van der Waals surface area contributed by atoms with Gasteiger partial charge in [0.2, 0.25) is 11.8 Å². The number of rotatable bonds is 10. The summed E-state index contributed by atoms with van der Waals surface area (Å²) in [5, 5.41) is 28.6. The second kappa shape index (κ2) is 23.9. The number of hydrogen-bond acceptors (Lipinski definition) is 12. The van der Waals surface area contributed by atoms with Crippen molar-refractivity contribution < 1.29 is 28.8 Å². The van der Waals surface area contributed by atoms with E-state index in [0.29, 0.717) is 29.3 Å². The summed E-state index contributed by atoms with van der Waals surface area (Å²) in [6, 6.07) is 22.3. The quantitative estimate of drug-likeness (QED) is 0.0891. The Morgan fingerprint density at radius 3 is 1.64 bits per heavy atom. The second-order valence-electron chi connectivity index (χ2n) is 18.0. The highest BCUT2D eigenvalue weighted by Gasteiger charge is 2.44. The molecule has 20 heteroatoms. The van der Waals surface area contributed by atoms with Crippen molar-refractivity contribution in [2.24, 2.45) is 23.7 Å². The molecule has 6 atom stereocenters. The maximum absolute atomic E-state index is 12.8. The number of halogens is 2. The first-order valence-corrected chi connectivity index (χ1v) is 23.3. The van der Waals surface area contributed by atoms with Gasteiger partial charge in [-0.05, 0) is 112 Å². The molecular formula is C49H61Cl2N11O7. The van der Waals surface area contributed by atoms with Gasteiger partial charge in [-0.15, -0.1) is 0 Å². The van der Waals surface area contributed by atoms with Crippen LogP contribution in [0, 0.1) is 33.8 Å². The summed E-state index contributed by atoms with van der Waals surface area (Å²) in [6.45, 7) is 8.53. The Hall–Kier alpha value is -6.18. The number of amides is 3. The number of ether oxygens (including phenoxy) is 1. The van der Waals surface area contributed by atoms with Crippen LogP contribution < -0.4 is 20.7 Å². The number of hydrogen-bond donors (Lipinski definition) is 3. The molecule has 0 spiro atoms. The van der Waals surface area contributed by atoms with E-state index in [-0.39, 0.29) is 36.7 Å². The van der Waals surface area contributed by atoms with E-state index in [4.69, 9.17) is 27.9 Å². The molecule has 3 aromatic carbocycles. The molecule has 69 heavy (non-hydrogen) atoms. The van der Waals surface area contributed by atoms with Crippen LogP contribution in [0.25, 0.3) is 0 Å². The van der Waals surface area contributed by atoms with Crippen molar-refractivity contribution >= 4 is 64.2 Å². The monoisotopic (exact) mass is 985 g/mol. The molecule has 2 saturated carbocycles. The number of aromatic nitrogens is 4. The maximum Gasteiger partial charge on any atom is 0.440 e. The van der Waals surface area contributed by atoms with Crippen LogP contribution in [0.2, 0.25) is 10.0 Å². The van der Waals surface area contributed by atoms with E-state index in [1.807, 2.05) is 35.2 Å². The number of anilines is 2. The third-order valence-corrected chi connectivity index (χ3v) is 13.8. The molecule has 3 N–H and O–H groups in total. The van der Waals surface area contributed by atoms with E-state index < -0.39 is 11.0 Å². The first kappa shape index (κ1) is 52.2.